The lowest BCUT2D eigenvalue weighted by atomic mass is 10.3. The Balaban J connectivity index is 2.99. The third kappa shape index (κ3) is 4.04. The molecule has 1 rings (SSSR count). The largest absolute Gasteiger partial charge is 0.399 e. The maximum Gasteiger partial charge on any atom is 0.243 e. The highest BCUT2D eigenvalue weighted by Gasteiger charge is 2.22. The van der Waals surface area contributed by atoms with E-state index in [1.165, 1.54) is 12.3 Å². The lowest BCUT2D eigenvalue weighted by Gasteiger charge is -2.13. The van der Waals surface area contributed by atoms with Crippen molar-refractivity contribution < 1.29 is 17.0 Å². The van der Waals surface area contributed by atoms with Gasteiger partial charge in [-0.25, -0.2) is 17.5 Å². The second-order valence-electron chi connectivity index (χ2n) is 3.95. The van der Waals surface area contributed by atoms with Gasteiger partial charge in [-0.15, -0.1) is 0 Å². The summed E-state index contributed by atoms with van der Waals surface area (Å²) in [5.41, 5.74) is 5.58. The van der Waals surface area contributed by atoms with Gasteiger partial charge in [-0.3, -0.25) is 4.21 Å². The van der Waals surface area contributed by atoms with E-state index in [2.05, 4.69) is 4.72 Å². The predicted octanol–water partition coefficient (Wildman–Crippen LogP) is 0.453. The van der Waals surface area contributed by atoms with Crippen LogP contribution < -0.4 is 10.5 Å². The predicted molar refractivity (Wildman–Crippen MR) is 69.5 cm³/mol. The second-order valence-corrected chi connectivity index (χ2v) is 7.11. The van der Waals surface area contributed by atoms with Gasteiger partial charge in [0.25, 0.3) is 0 Å². The van der Waals surface area contributed by atoms with Crippen LogP contribution in [0.4, 0.5) is 10.1 Å². The third-order valence-corrected chi connectivity index (χ3v) is 4.66. The molecule has 3 N–H and O–H groups in total. The summed E-state index contributed by atoms with van der Waals surface area (Å²) in [5, 5.41) is 0. The van der Waals surface area contributed by atoms with E-state index in [1.54, 1.807) is 6.92 Å². The summed E-state index contributed by atoms with van der Waals surface area (Å²) in [6.45, 7) is 1.56. The van der Waals surface area contributed by atoms with Crippen LogP contribution in [0.1, 0.15) is 6.92 Å². The fourth-order valence-electron chi connectivity index (χ4n) is 1.44. The standard InChI is InChI=1S/C10H15FN2O3S2/c1-7(6-17(2)14)13-18(15,16)10-5-8(12)3-4-9(10)11/h3-5,7,13H,6,12H2,1-2H3. The average Bonchev–Trinajstić information content (AvgIpc) is 2.19. The smallest absolute Gasteiger partial charge is 0.243 e. The summed E-state index contributed by atoms with van der Waals surface area (Å²) in [6.07, 6.45) is 1.46. The Labute approximate surface area is 108 Å². The molecule has 0 aliphatic rings. The Morgan fingerprint density at radius 3 is 2.67 bits per heavy atom. The first kappa shape index (κ1) is 15.1. The van der Waals surface area contributed by atoms with Gasteiger partial charge in [-0.1, -0.05) is 0 Å². The highest BCUT2D eigenvalue weighted by molar-refractivity contribution is 7.89. The summed E-state index contributed by atoms with van der Waals surface area (Å²) in [4.78, 5) is -0.503. The summed E-state index contributed by atoms with van der Waals surface area (Å²) < 4.78 is 50.5. The number of hydrogen-bond acceptors (Lipinski definition) is 4. The quantitative estimate of drug-likeness (QED) is 0.772. The summed E-state index contributed by atoms with van der Waals surface area (Å²) in [6, 6.07) is 2.76. The van der Waals surface area contributed by atoms with Crippen LogP contribution in [0, 0.1) is 5.82 Å². The molecule has 0 aromatic heterocycles. The Morgan fingerprint density at radius 2 is 2.11 bits per heavy atom. The molecule has 5 nitrogen and oxygen atoms in total. The molecule has 0 aliphatic heterocycles. The van der Waals surface area contributed by atoms with Gasteiger partial charge in [-0.2, -0.15) is 0 Å². The van der Waals surface area contributed by atoms with Crippen molar-refractivity contribution >= 4 is 26.5 Å². The minimum Gasteiger partial charge on any atom is -0.399 e. The van der Waals surface area contributed by atoms with Gasteiger partial charge in [0.05, 0.1) is 0 Å². The van der Waals surface area contributed by atoms with Crippen molar-refractivity contribution in [1.29, 1.82) is 0 Å². The molecule has 1 aromatic carbocycles. The Morgan fingerprint density at radius 1 is 1.50 bits per heavy atom. The molecule has 0 heterocycles. The molecule has 0 amide bonds. The third-order valence-electron chi connectivity index (χ3n) is 2.09. The summed E-state index contributed by atoms with van der Waals surface area (Å²) in [5.74, 6) is -0.718. The average molecular weight is 294 g/mol. The Bertz CT molecular complexity index is 560. The molecular weight excluding hydrogens is 279 g/mol. The fourth-order valence-corrected chi connectivity index (χ4v) is 3.69. The van der Waals surface area contributed by atoms with Crippen LogP contribution in [0.3, 0.4) is 0 Å². The number of nitrogens with one attached hydrogen (secondary N) is 1. The maximum absolute atomic E-state index is 13.4. The van der Waals surface area contributed by atoms with E-state index in [-0.39, 0.29) is 11.4 Å². The molecule has 0 fully saturated rings. The van der Waals surface area contributed by atoms with Crippen molar-refractivity contribution in [1.82, 2.24) is 4.72 Å². The second kappa shape index (κ2) is 5.77. The first-order chi connectivity index (χ1) is 8.22. The zero-order valence-corrected chi connectivity index (χ0v) is 11.6. The van der Waals surface area contributed by atoms with Gasteiger partial charge >= 0.3 is 0 Å². The molecule has 0 saturated carbocycles. The van der Waals surface area contributed by atoms with Crippen molar-refractivity contribution in [2.45, 2.75) is 17.9 Å². The van der Waals surface area contributed by atoms with E-state index in [1.807, 2.05) is 0 Å². The first-order valence-electron chi connectivity index (χ1n) is 5.10. The number of benzene rings is 1. The van der Waals surface area contributed by atoms with Gasteiger partial charge in [0, 0.05) is 34.5 Å². The molecule has 0 bridgehead atoms. The topological polar surface area (TPSA) is 89.3 Å². The Hall–Kier alpha value is -0.990. The van der Waals surface area contributed by atoms with E-state index < -0.39 is 37.6 Å². The number of hydrogen-bond donors (Lipinski definition) is 2. The molecule has 0 saturated heterocycles. The number of nitrogen functional groups attached to an aromatic ring is 1. The molecule has 0 spiro atoms. The van der Waals surface area contributed by atoms with Crippen LogP contribution in [-0.2, 0) is 20.8 Å². The monoisotopic (exact) mass is 294 g/mol. The van der Waals surface area contributed by atoms with E-state index >= 15 is 0 Å². The van der Waals surface area contributed by atoms with Gasteiger partial charge in [-0.05, 0) is 25.1 Å². The molecule has 1 aromatic rings. The molecule has 102 valence electrons. The molecular formula is C10H15FN2O3S2. The van der Waals surface area contributed by atoms with E-state index in [9.17, 15) is 17.0 Å². The van der Waals surface area contributed by atoms with Crippen LogP contribution in [-0.4, -0.2) is 30.7 Å². The van der Waals surface area contributed by atoms with Crippen LogP contribution in [0.5, 0.6) is 0 Å². The lowest BCUT2D eigenvalue weighted by Crippen LogP contribution is -2.36. The van der Waals surface area contributed by atoms with Gasteiger partial charge < -0.3 is 5.73 Å². The van der Waals surface area contributed by atoms with Crippen molar-refractivity contribution in [3.05, 3.63) is 24.0 Å². The maximum atomic E-state index is 13.4. The van der Waals surface area contributed by atoms with E-state index in [0.717, 1.165) is 12.1 Å². The minimum absolute atomic E-state index is 0.156. The molecule has 0 aliphatic carbocycles. The normalized spacial score (nSPS) is 15.3. The summed E-state index contributed by atoms with van der Waals surface area (Å²) >= 11 is 0. The first-order valence-corrected chi connectivity index (χ1v) is 8.31. The number of sulfonamides is 1. The highest BCUT2D eigenvalue weighted by Crippen LogP contribution is 2.17. The molecule has 2 unspecified atom stereocenters. The number of halogens is 1. The number of nitrogens with two attached hydrogens (primary N) is 1. The molecule has 8 heteroatoms. The van der Waals surface area contributed by atoms with Crippen molar-refractivity contribution in [3.63, 3.8) is 0 Å². The number of rotatable bonds is 5. The van der Waals surface area contributed by atoms with Crippen LogP contribution in [0.25, 0.3) is 0 Å². The van der Waals surface area contributed by atoms with Gasteiger partial charge in [0.2, 0.25) is 10.0 Å². The van der Waals surface area contributed by atoms with Crippen LogP contribution >= 0.6 is 0 Å². The number of anilines is 1. The van der Waals surface area contributed by atoms with E-state index in [4.69, 9.17) is 5.73 Å². The fraction of sp³-hybridized carbons (Fsp3) is 0.400. The zero-order valence-electron chi connectivity index (χ0n) is 10.0. The zero-order chi connectivity index (χ0) is 13.9. The van der Waals surface area contributed by atoms with Crippen molar-refractivity contribution in [3.8, 4) is 0 Å². The van der Waals surface area contributed by atoms with E-state index in [0.29, 0.717) is 0 Å². The molecule has 0 radical (unpaired) electrons. The highest BCUT2D eigenvalue weighted by atomic mass is 32.2. The molecule has 2 atom stereocenters. The van der Waals surface area contributed by atoms with Gasteiger partial charge in [0.1, 0.15) is 10.7 Å². The van der Waals surface area contributed by atoms with Crippen LogP contribution in [0.15, 0.2) is 23.1 Å². The SMILES string of the molecule is CC(CS(C)=O)NS(=O)(=O)c1cc(N)ccc1F. The van der Waals surface area contributed by atoms with Crippen molar-refractivity contribution in [2.24, 2.45) is 0 Å². The minimum atomic E-state index is -4.00. The van der Waals surface area contributed by atoms with Crippen molar-refractivity contribution in [2.75, 3.05) is 17.7 Å². The Kier molecular flexibility index (Phi) is 4.83. The van der Waals surface area contributed by atoms with Gasteiger partial charge in [0.15, 0.2) is 0 Å². The summed E-state index contributed by atoms with van der Waals surface area (Å²) in [7, 11) is -5.14. The lowest BCUT2D eigenvalue weighted by molar-refractivity contribution is 0.549. The molecule has 18 heavy (non-hydrogen) atoms. The van der Waals surface area contributed by atoms with Crippen LogP contribution in [0.2, 0.25) is 0 Å².